The summed E-state index contributed by atoms with van der Waals surface area (Å²) in [5.74, 6) is 0.0307. The van der Waals surface area contributed by atoms with E-state index < -0.39 is 0 Å². The van der Waals surface area contributed by atoms with Gasteiger partial charge in [-0.05, 0) is 51.0 Å². The van der Waals surface area contributed by atoms with Gasteiger partial charge < -0.3 is 10.4 Å². The number of nitrogens with one attached hydrogen (secondary N) is 2. The summed E-state index contributed by atoms with van der Waals surface area (Å²) in [5, 5.41) is 19.3. The van der Waals surface area contributed by atoms with E-state index in [1.54, 1.807) is 26.0 Å². The van der Waals surface area contributed by atoms with Crippen LogP contribution in [0.3, 0.4) is 0 Å². The molecule has 0 spiro atoms. The molecule has 0 bridgehead atoms. The van der Waals surface area contributed by atoms with Gasteiger partial charge in [0.15, 0.2) is 0 Å². The number of phenolic OH excluding ortho intramolecular Hbond substituents is 1. The molecule has 1 aromatic carbocycles. The summed E-state index contributed by atoms with van der Waals surface area (Å²) in [4.78, 5) is 12.2. The molecule has 0 saturated heterocycles. The number of hydrogen-bond acceptors (Lipinski definition) is 3. The Morgan fingerprint density at radius 2 is 1.89 bits per heavy atom. The Balaban J connectivity index is 2.32. The van der Waals surface area contributed by atoms with Crippen molar-refractivity contribution in [1.82, 2.24) is 10.2 Å². The number of carbonyl (C=O) groups excluding carboxylic acids is 1. The highest BCUT2D eigenvalue weighted by Crippen LogP contribution is 2.25. The Morgan fingerprint density at radius 3 is 2.47 bits per heavy atom. The van der Waals surface area contributed by atoms with Gasteiger partial charge >= 0.3 is 0 Å². The SMILES string of the molecule is Cc1cc(NC(=O)c2c(C)n[nH]c2C)c(C)cc1O. The minimum Gasteiger partial charge on any atom is -0.508 e. The van der Waals surface area contributed by atoms with Crippen molar-refractivity contribution < 1.29 is 9.90 Å². The zero-order chi connectivity index (χ0) is 14.2. The first-order chi connectivity index (χ1) is 8.90. The molecule has 0 aliphatic heterocycles. The lowest BCUT2D eigenvalue weighted by Gasteiger charge is -2.10. The number of aryl methyl sites for hydroxylation is 4. The Morgan fingerprint density at radius 1 is 1.21 bits per heavy atom. The molecule has 1 heterocycles. The average molecular weight is 259 g/mol. The first kappa shape index (κ1) is 13.1. The van der Waals surface area contributed by atoms with Crippen LogP contribution in [0.15, 0.2) is 12.1 Å². The summed E-state index contributed by atoms with van der Waals surface area (Å²) in [6, 6.07) is 3.40. The Labute approximate surface area is 111 Å². The predicted molar refractivity (Wildman–Crippen MR) is 73.6 cm³/mol. The third kappa shape index (κ3) is 2.45. The number of rotatable bonds is 2. The van der Waals surface area contributed by atoms with Crippen molar-refractivity contribution >= 4 is 11.6 Å². The van der Waals surface area contributed by atoms with Gasteiger partial charge in [-0.3, -0.25) is 9.89 Å². The molecule has 2 rings (SSSR count). The molecule has 0 fully saturated rings. The van der Waals surface area contributed by atoms with Gasteiger partial charge in [0.05, 0.1) is 11.3 Å². The lowest BCUT2D eigenvalue weighted by Crippen LogP contribution is -2.14. The molecule has 1 amide bonds. The van der Waals surface area contributed by atoms with Gasteiger partial charge in [-0.1, -0.05) is 0 Å². The minimum absolute atomic E-state index is 0.197. The van der Waals surface area contributed by atoms with Gasteiger partial charge in [-0.25, -0.2) is 0 Å². The summed E-state index contributed by atoms with van der Waals surface area (Å²) >= 11 is 0. The quantitative estimate of drug-likeness (QED) is 0.725. The zero-order valence-corrected chi connectivity index (χ0v) is 11.5. The van der Waals surface area contributed by atoms with Crippen LogP contribution in [0.5, 0.6) is 5.75 Å². The van der Waals surface area contributed by atoms with Crippen molar-refractivity contribution in [1.29, 1.82) is 0 Å². The summed E-state index contributed by atoms with van der Waals surface area (Å²) in [5.41, 5.74) is 4.20. The van der Waals surface area contributed by atoms with E-state index in [4.69, 9.17) is 0 Å². The topological polar surface area (TPSA) is 78.0 Å². The van der Waals surface area contributed by atoms with Crippen LogP contribution in [0.1, 0.15) is 32.9 Å². The van der Waals surface area contributed by atoms with Gasteiger partial charge in [-0.2, -0.15) is 5.10 Å². The van der Waals surface area contributed by atoms with Crippen LogP contribution in [-0.4, -0.2) is 21.2 Å². The fourth-order valence-corrected chi connectivity index (χ4v) is 2.01. The first-order valence-corrected chi connectivity index (χ1v) is 6.03. The smallest absolute Gasteiger partial charge is 0.259 e. The fourth-order valence-electron chi connectivity index (χ4n) is 2.01. The van der Waals surface area contributed by atoms with Gasteiger partial charge in [0.1, 0.15) is 5.75 Å². The van der Waals surface area contributed by atoms with Gasteiger partial charge in [-0.15, -0.1) is 0 Å². The van der Waals surface area contributed by atoms with Crippen molar-refractivity contribution in [3.05, 3.63) is 40.2 Å². The highest BCUT2D eigenvalue weighted by Gasteiger charge is 2.16. The molecule has 0 saturated carbocycles. The molecule has 0 aliphatic rings. The molecule has 1 aromatic heterocycles. The van der Waals surface area contributed by atoms with Crippen molar-refractivity contribution in [2.75, 3.05) is 5.32 Å². The number of amides is 1. The third-order valence-electron chi connectivity index (χ3n) is 3.15. The van der Waals surface area contributed by atoms with Gasteiger partial charge in [0.2, 0.25) is 0 Å². The fraction of sp³-hybridized carbons (Fsp3) is 0.286. The number of aromatic nitrogens is 2. The van der Waals surface area contributed by atoms with E-state index in [0.717, 1.165) is 16.8 Å². The number of aromatic hydroxyl groups is 1. The average Bonchev–Trinajstić information content (AvgIpc) is 2.66. The van der Waals surface area contributed by atoms with Crippen molar-refractivity contribution in [2.24, 2.45) is 0 Å². The van der Waals surface area contributed by atoms with Crippen LogP contribution in [-0.2, 0) is 0 Å². The number of phenols is 1. The molecule has 2 aromatic rings. The predicted octanol–water partition coefficient (Wildman–Crippen LogP) is 2.60. The normalized spacial score (nSPS) is 10.5. The van der Waals surface area contributed by atoms with Crippen LogP contribution >= 0.6 is 0 Å². The summed E-state index contributed by atoms with van der Waals surface area (Å²) in [6.07, 6.45) is 0. The number of aromatic amines is 1. The molecule has 19 heavy (non-hydrogen) atoms. The zero-order valence-electron chi connectivity index (χ0n) is 11.5. The highest BCUT2D eigenvalue weighted by molar-refractivity contribution is 6.06. The Kier molecular flexibility index (Phi) is 3.29. The summed E-state index contributed by atoms with van der Waals surface area (Å²) in [7, 11) is 0. The van der Waals surface area contributed by atoms with Crippen molar-refractivity contribution in [3.63, 3.8) is 0 Å². The molecular formula is C14H17N3O2. The molecular weight excluding hydrogens is 242 g/mol. The van der Waals surface area contributed by atoms with Gasteiger partial charge in [0, 0.05) is 11.4 Å². The number of anilines is 1. The Bertz CT molecular complexity index is 625. The van der Waals surface area contributed by atoms with Crippen LogP contribution in [0, 0.1) is 27.7 Å². The molecule has 100 valence electrons. The van der Waals surface area contributed by atoms with E-state index in [1.807, 2.05) is 13.8 Å². The Hall–Kier alpha value is -2.30. The number of H-pyrrole nitrogens is 1. The second-order valence-corrected chi connectivity index (χ2v) is 4.72. The van der Waals surface area contributed by atoms with Crippen LogP contribution in [0.2, 0.25) is 0 Å². The first-order valence-electron chi connectivity index (χ1n) is 6.03. The largest absolute Gasteiger partial charge is 0.508 e. The lowest BCUT2D eigenvalue weighted by molar-refractivity contribution is 0.102. The maximum Gasteiger partial charge on any atom is 0.259 e. The second kappa shape index (κ2) is 4.76. The maximum absolute atomic E-state index is 12.2. The van der Waals surface area contributed by atoms with Crippen molar-refractivity contribution in [2.45, 2.75) is 27.7 Å². The van der Waals surface area contributed by atoms with E-state index in [2.05, 4.69) is 15.5 Å². The van der Waals surface area contributed by atoms with E-state index in [0.29, 0.717) is 16.9 Å². The second-order valence-electron chi connectivity index (χ2n) is 4.72. The van der Waals surface area contributed by atoms with Crippen LogP contribution < -0.4 is 5.32 Å². The number of hydrogen-bond donors (Lipinski definition) is 3. The highest BCUT2D eigenvalue weighted by atomic mass is 16.3. The van der Waals surface area contributed by atoms with Gasteiger partial charge in [0.25, 0.3) is 5.91 Å². The number of carbonyl (C=O) groups is 1. The molecule has 5 nitrogen and oxygen atoms in total. The van der Waals surface area contributed by atoms with Crippen LogP contribution in [0.4, 0.5) is 5.69 Å². The summed E-state index contributed by atoms with van der Waals surface area (Å²) in [6.45, 7) is 7.22. The van der Waals surface area contributed by atoms with Crippen molar-refractivity contribution in [3.8, 4) is 5.75 Å². The lowest BCUT2D eigenvalue weighted by atomic mass is 10.1. The van der Waals surface area contributed by atoms with E-state index >= 15 is 0 Å². The standard InChI is InChI=1S/C14H17N3O2/c1-7-6-12(18)8(2)5-11(7)15-14(19)13-9(3)16-17-10(13)4/h5-6,18H,1-4H3,(H,15,19)(H,16,17). The maximum atomic E-state index is 12.2. The molecule has 0 radical (unpaired) electrons. The molecule has 0 unspecified atom stereocenters. The van der Waals surface area contributed by atoms with E-state index in [9.17, 15) is 9.90 Å². The van der Waals surface area contributed by atoms with E-state index in [-0.39, 0.29) is 11.7 Å². The minimum atomic E-state index is -0.197. The third-order valence-corrected chi connectivity index (χ3v) is 3.15. The number of benzene rings is 1. The summed E-state index contributed by atoms with van der Waals surface area (Å²) < 4.78 is 0. The molecule has 5 heteroatoms. The van der Waals surface area contributed by atoms with Crippen LogP contribution in [0.25, 0.3) is 0 Å². The molecule has 0 aliphatic carbocycles. The number of nitrogens with zero attached hydrogens (tertiary/aromatic N) is 1. The van der Waals surface area contributed by atoms with E-state index in [1.165, 1.54) is 0 Å². The molecule has 0 atom stereocenters. The molecule has 3 N–H and O–H groups in total. The monoisotopic (exact) mass is 259 g/mol.